The number of aliphatic hydroxyl groups is 1. The maximum absolute atomic E-state index is 9.43. The third-order valence-corrected chi connectivity index (χ3v) is 2.20. The van der Waals surface area contributed by atoms with Gasteiger partial charge >= 0.3 is 0 Å². The summed E-state index contributed by atoms with van der Waals surface area (Å²) in [6.45, 7) is 2.90. The van der Waals surface area contributed by atoms with Gasteiger partial charge in [0.15, 0.2) is 0 Å². The predicted octanol–water partition coefficient (Wildman–Crippen LogP) is -3.59. The average Bonchev–Trinajstić information content (AvgIpc) is 2.07. The number of ether oxygens (including phenoxy) is 1. The first-order chi connectivity index (χ1) is 5.38. The van der Waals surface area contributed by atoms with Crippen LogP contribution in [-0.4, -0.2) is 61.1 Å². The van der Waals surface area contributed by atoms with Crippen LogP contribution in [0.15, 0.2) is 0 Å². The van der Waals surface area contributed by atoms with Crippen LogP contribution in [0.3, 0.4) is 0 Å². The Hall–Kier alpha value is 0.130. The van der Waals surface area contributed by atoms with Crippen LogP contribution in [-0.2, 0) is 4.74 Å². The van der Waals surface area contributed by atoms with E-state index in [0.29, 0.717) is 0 Å². The Morgan fingerprint density at radius 3 is 2.14 bits per heavy atom. The lowest BCUT2D eigenvalue weighted by atomic mass is 10.1. The highest BCUT2D eigenvalue weighted by atomic mass is 35.5. The molecule has 1 fully saturated rings. The molecule has 0 saturated carbocycles. The van der Waals surface area contributed by atoms with Gasteiger partial charge in [-0.2, -0.15) is 0 Å². The van der Waals surface area contributed by atoms with Crippen molar-refractivity contribution in [1.82, 2.24) is 0 Å². The van der Waals surface area contributed by atoms with Crippen molar-refractivity contribution >= 4 is 0 Å². The number of hydrogen-bond acceptors (Lipinski definition) is 2. The van der Waals surface area contributed by atoms with E-state index < -0.39 is 0 Å². The molecule has 3 atom stereocenters. The van der Waals surface area contributed by atoms with Gasteiger partial charge in [0.05, 0.1) is 33.4 Å². The normalized spacial score (nSPS) is 31.9. The molecular weight excluding hydrogens is 206 g/mol. The topological polar surface area (TPSA) is 61.0 Å². The first kappa shape index (κ1) is 16.6. The number of rotatable bonds is 2. The van der Waals surface area contributed by atoms with Gasteiger partial charge in [0.1, 0.15) is 12.6 Å². The smallest absolute Gasteiger partial charge is 0.109 e. The van der Waals surface area contributed by atoms with Crippen LogP contribution in [0.1, 0.15) is 13.3 Å². The van der Waals surface area contributed by atoms with Gasteiger partial charge < -0.3 is 32.2 Å². The Balaban J connectivity index is 0. The predicted molar refractivity (Wildman–Crippen MR) is 51.5 cm³/mol. The second kappa shape index (κ2) is 5.88. The summed E-state index contributed by atoms with van der Waals surface area (Å²) in [5.41, 5.74) is 0. The highest BCUT2D eigenvalue weighted by molar-refractivity contribution is 4.78. The SMILES string of the molecule is C[C@@H]1O[C@H](C[N+](C)(C)C)C[C@H]1O.O.[Cl-]. The fourth-order valence-corrected chi connectivity index (χ4v) is 1.64. The molecule has 1 aliphatic rings. The van der Waals surface area contributed by atoms with E-state index in [1.807, 2.05) is 6.92 Å². The molecular formula is C9H22ClNO3. The summed E-state index contributed by atoms with van der Waals surface area (Å²) < 4.78 is 6.48. The van der Waals surface area contributed by atoms with Crippen molar-refractivity contribution in [3.05, 3.63) is 0 Å². The van der Waals surface area contributed by atoms with Crippen molar-refractivity contribution < 1.29 is 32.2 Å². The van der Waals surface area contributed by atoms with Gasteiger partial charge in [0.25, 0.3) is 0 Å². The number of hydrogen-bond donors (Lipinski definition) is 1. The lowest BCUT2D eigenvalue weighted by Crippen LogP contribution is -3.00. The number of quaternary nitrogens is 1. The molecule has 1 rings (SSSR count). The summed E-state index contributed by atoms with van der Waals surface area (Å²) in [5, 5.41) is 9.43. The molecule has 1 aliphatic heterocycles. The molecule has 0 bridgehead atoms. The van der Waals surface area contributed by atoms with E-state index in [9.17, 15) is 5.11 Å². The minimum Gasteiger partial charge on any atom is -1.00 e. The fourth-order valence-electron chi connectivity index (χ4n) is 1.64. The van der Waals surface area contributed by atoms with Crippen LogP contribution in [0.5, 0.6) is 0 Å². The van der Waals surface area contributed by atoms with E-state index in [2.05, 4.69) is 21.1 Å². The molecule has 0 spiro atoms. The van der Waals surface area contributed by atoms with Crippen molar-refractivity contribution in [2.45, 2.75) is 31.7 Å². The van der Waals surface area contributed by atoms with E-state index in [4.69, 9.17) is 4.74 Å². The van der Waals surface area contributed by atoms with Crippen LogP contribution in [0, 0.1) is 0 Å². The molecule has 4 nitrogen and oxygen atoms in total. The van der Waals surface area contributed by atoms with Gasteiger partial charge in [-0.25, -0.2) is 0 Å². The molecule has 88 valence electrons. The van der Waals surface area contributed by atoms with Crippen LogP contribution < -0.4 is 12.4 Å². The number of aliphatic hydroxyl groups excluding tert-OH is 1. The Morgan fingerprint density at radius 1 is 1.36 bits per heavy atom. The Labute approximate surface area is 92.2 Å². The molecule has 0 radical (unpaired) electrons. The second-order valence-electron chi connectivity index (χ2n) is 4.74. The average molecular weight is 228 g/mol. The van der Waals surface area contributed by atoms with E-state index >= 15 is 0 Å². The molecule has 0 unspecified atom stereocenters. The lowest BCUT2D eigenvalue weighted by molar-refractivity contribution is -0.873. The van der Waals surface area contributed by atoms with Gasteiger partial charge in [-0.15, -0.1) is 0 Å². The monoisotopic (exact) mass is 227 g/mol. The number of likely N-dealkylation sites (N-methyl/N-ethyl adjacent to an activating group) is 1. The van der Waals surface area contributed by atoms with Crippen molar-refractivity contribution in [2.24, 2.45) is 0 Å². The zero-order valence-corrected chi connectivity index (χ0v) is 10.1. The zero-order valence-electron chi connectivity index (χ0n) is 9.33. The van der Waals surface area contributed by atoms with E-state index in [1.54, 1.807) is 0 Å². The largest absolute Gasteiger partial charge is 1.00 e. The van der Waals surface area contributed by atoms with Crippen molar-refractivity contribution in [1.29, 1.82) is 0 Å². The summed E-state index contributed by atoms with van der Waals surface area (Å²) in [4.78, 5) is 0. The first-order valence-electron chi connectivity index (χ1n) is 4.52. The summed E-state index contributed by atoms with van der Waals surface area (Å²) in [5.74, 6) is 0. The second-order valence-corrected chi connectivity index (χ2v) is 4.74. The fraction of sp³-hybridized carbons (Fsp3) is 1.00. The molecule has 0 aromatic carbocycles. The summed E-state index contributed by atoms with van der Waals surface area (Å²) in [6.07, 6.45) is 0.773. The van der Waals surface area contributed by atoms with Crippen LogP contribution in [0.4, 0.5) is 0 Å². The molecule has 3 N–H and O–H groups in total. The van der Waals surface area contributed by atoms with Gasteiger partial charge in [-0.1, -0.05) is 0 Å². The molecule has 0 amide bonds. The Kier molecular flexibility index (Phi) is 6.95. The quantitative estimate of drug-likeness (QED) is 0.496. The summed E-state index contributed by atoms with van der Waals surface area (Å²) in [7, 11) is 6.41. The molecule has 0 aromatic heterocycles. The number of nitrogens with zero attached hydrogens (tertiary/aromatic N) is 1. The number of halogens is 1. The van der Waals surface area contributed by atoms with Crippen LogP contribution in [0.25, 0.3) is 0 Å². The molecule has 14 heavy (non-hydrogen) atoms. The van der Waals surface area contributed by atoms with Gasteiger partial charge in [-0.05, 0) is 6.92 Å². The third kappa shape index (κ3) is 5.12. The van der Waals surface area contributed by atoms with Crippen molar-refractivity contribution in [3.8, 4) is 0 Å². The first-order valence-corrected chi connectivity index (χ1v) is 4.52. The maximum Gasteiger partial charge on any atom is 0.109 e. The molecule has 1 heterocycles. The summed E-state index contributed by atoms with van der Waals surface area (Å²) >= 11 is 0. The van der Waals surface area contributed by atoms with Crippen LogP contribution in [0.2, 0.25) is 0 Å². The zero-order chi connectivity index (χ0) is 9.35. The van der Waals surface area contributed by atoms with Crippen molar-refractivity contribution in [3.63, 3.8) is 0 Å². The highest BCUT2D eigenvalue weighted by Crippen LogP contribution is 2.21. The Morgan fingerprint density at radius 2 is 1.86 bits per heavy atom. The van der Waals surface area contributed by atoms with Crippen molar-refractivity contribution in [2.75, 3.05) is 27.7 Å². The third-order valence-electron chi connectivity index (χ3n) is 2.20. The van der Waals surface area contributed by atoms with Crippen LogP contribution >= 0.6 is 0 Å². The van der Waals surface area contributed by atoms with E-state index in [1.165, 1.54) is 0 Å². The highest BCUT2D eigenvalue weighted by Gasteiger charge is 2.33. The van der Waals surface area contributed by atoms with E-state index in [-0.39, 0.29) is 36.2 Å². The lowest BCUT2D eigenvalue weighted by Gasteiger charge is -2.26. The molecule has 5 heteroatoms. The van der Waals surface area contributed by atoms with Gasteiger partial charge in [0, 0.05) is 6.42 Å². The minimum absolute atomic E-state index is 0. The van der Waals surface area contributed by atoms with Gasteiger partial charge in [-0.3, -0.25) is 0 Å². The summed E-state index contributed by atoms with van der Waals surface area (Å²) in [6, 6.07) is 0. The molecule has 0 aliphatic carbocycles. The van der Waals surface area contributed by atoms with E-state index in [0.717, 1.165) is 17.4 Å². The maximum atomic E-state index is 9.43. The molecule has 0 aromatic rings. The molecule has 1 saturated heterocycles. The standard InChI is InChI=1S/C9H20NO2.ClH.H2O/c1-7-9(11)5-8(12-7)6-10(2,3)4;;/h7-9,11H,5-6H2,1-4H3;1H;1H2/q+1;;/p-1/t7-,8-,9+;;/m0../s1. The minimum atomic E-state index is -0.262. The Bertz CT molecular complexity index is 151. The van der Waals surface area contributed by atoms with Gasteiger partial charge in [0.2, 0.25) is 0 Å².